The molecule has 100 valence electrons. The van der Waals surface area contributed by atoms with Crippen molar-refractivity contribution in [1.29, 1.82) is 0 Å². The number of halogens is 2. The number of nitrogens with one attached hydrogen (secondary N) is 1. The topological polar surface area (TPSA) is 21.3 Å². The van der Waals surface area contributed by atoms with Gasteiger partial charge in [-0.1, -0.05) is 19.1 Å². The van der Waals surface area contributed by atoms with Gasteiger partial charge in [0.2, 0.25) is 0 Å². The van der Waals surface area contributed by atoms with E-state index >= 15 is 0 Å². The van der Waals surface area contributed by atoms with E-state index in [4.69, 9.17) is 4.74 Å². The second-order valence-electron chi connectivity index (χ2n) is 4.70. The molecule has 1 fully saturated rings. The molecule has 1 aliphatic heterocycles. The number of likely N-dealkylation sites (N-methyl/N-ethyl adjacent to an activating group) is 1. The third-order valence-electron chi connectivity index (χ3n) is 3.47. The molecular formula is C14H19BrFNO. The van der Waals surface area contributed by atoms with Crippen molar-refractivity contribution in [2.24, 2.45) is 5.92 Å². The molecule has 4 heteroatoms. The molecule has 0 amide bonds. The molecule has 1 saturated heterocycles. The molecule has 2 rings (SSSR count). The Morgan fingerprint density at radius 1 is 1.56 bits per heavy atom. The Bertz CT molecular complexity index is 393. The lowest BCUT2D eigenvalue weighted by Crippen LogP contribution is -2.38. The molecule has 0 aliphatic carbocycles. The van der Waals surface area contributed by atoms with Gasteiger partial charge in [-0.2, -0.15) is 0 Å². The normalized spacial score (nSPS) is 21.2. The number of benzene rings is 1. The van der Waals surface area contributed by atoms with Crippen LogP contribution in [0.2, 0.25) is 0 Å². The van der Waals surface area contributed by atoms with E-state index in [1.807, 2.05) is 6.07 Å². The van der Waals surface area contributed by atoms with Gasteiger partial charge in [-0.05, 0) is 46.9 Å². The van der Waals surface area contributed by atoms with Crippen LogP contribution in [0.25, 0.3) is 0 Å². The van der Waals surface area contributed by atoms with E-state index < -0.39 is 0 Å². The summed E-state index contributed by atoms with van der Waals surface area (Å²) in [5.74, 6) is 0.338. The first-order valence-corrected chi connectivity index (χ1v) is 7.25. The van der Waals surface area contributed by atoms with E-state index in [9.17, 15) is 4.39 Å². The maximum Gasteiger partial charge on any atom is 0.137 e. The molecule has 1 heterocycles. The number of hydrogen-bond donors (Lipinski definition) is 1. The summed E-state index contributed by atoms with van der Waals surface area (Å²) in [5, 5.41) is 3.50. The van der Waals surface area contributed by atoms with Gasteiger partial charge in [0.05, 0.1) is 11.1 Å². The first-order valence-electron chi connectivity index (χ1n) is 6.46. The second kappa shape index (κ2) is 6.64. The van der Waals surface area contributed by atoms with Crippen molar-refractivity contribution in [3.8, 4) is 0 Å². The molecular weight excluding hydrogens is 297 g/mol. The summed E-state index contributed by atoms with van der Waals surface area (Å²) in [6.07, 6.45) is 1.92. The second-order valence-corrected chi connectivity index (χ2v) is 5.50. The molecule has 0 bridgehead atoms. The van der Waals surface area contributed by atoms with Gasteiger partial charge in [-0.15, -0.1) is 0 Å². The molecule has 0 radical (unpaired) electrons. The van der Waals surface area contributed by atoms with Crippen molar-refractivity contribution in [2.75, 3.05) is 19.8 Å². The molecule has 1 aromatic carbocycles. The predicted octanol–water partition coefficient (Wildman–Crippen LogP) is 3.15. The van der Waals surface area contributed by atoms with Gasteiger partial charge in [-0.25, -0.2) is 4.39 Å². The fourth-order valence-electron chi connectivity index (χ4n) is 2.48. The Kier molecular flexibility index (Phi) is 5.15. The lowest BCUT2D eigenvalue weighted by atomic mass is 9.93. The number of rotatable bonds is 5. The van der Waals surface area contributed by atoms with Crippen molar-refractivity contribution in [2.45, 2.75) is 25.8 Å². The highest BCUT2D eigenvalue weighted by Crippen LogP contribution is 2.25. The fourth-order valence-corrected chi connectivity index (χ4v) is 2.91. The van der Waals surface area contributed by atoms with E-state index in [0.29, 0.717) is 16.4 Å². The van der Waals surface area contributed by atoms with Gasteiger partial charge in [0.15, 0.2) is 0 Å². The van der Waals surface area contributed by atoms with Crippen LogP contribution >= 0.6 is 15.9 Å². The van der Waals surface area contributed by atoms with Crippen LogP contribution in [0.1, 0.15) is 18.9 Å². The van der Waals surface area contributed by atoms with Crippen LogP contribution in [0.4, 0.5) is 4.39 Å². The maximum absolute atomic E-state index is 13.5. The number of hydrogen-bond acceptors (Lipinski definition) is 2. The van der Waals surface area contributed by atoms with Gasteiger partial charge in [0, 0.05) is 18.6 Å². The molecule has 0 aromatic heterocycles. The van der Waals surface area contributed by atoms with Crippen LogP contribution in [-0.2, 0) is 11.2 Å². The highest BCUT2D eigenvalue weighted by atomic mass is 79.9. The van der Waals surface area contributed by atoms with Gasteiger partial charge in [0.25, 0.3) is 0 Å². The lowest BCUT2D eigenvalue weighted by molar-refractivity contribution is 0.176. The predicted molar refractivity (Wildman–Crippen MR) is 74.2 cm³/mol. The summed E-state index contributed by atoms with van der Waals surface area (Å²) in [5.41, 5.74) is 1.02. The van der Waals surface area contributed by atoms with Crippen molar-refractivity contribution < 1.29 is 9.13 Å². The van der Waals surface area contributed by atoms with Crippen LogP contribution < -0.4 is 5.32 Å². The lowest BCUT2D eigenvalue weighted by Gasteiger charge is -2.24. The molecule has 1 aliphatic rings. The van der Waals surface area contributed by atoms with E-state index in [0.717, 1.165) is 38.2 Å². The SMILES string of the molecule is CCNC(Cc1cccc(F)c1Br)C1CCOC1. The molecule has 2 unspecified atom stereocenters. The first-order chi connectivity index (χ1) is 8.72. The summed E-state index contributed by atoms with van der Waals surface area (Å²) in [6.45, 7) is 4.68. The highest BCUT2D eigenvalue weighted by Gasteiger charge is 2.26. The summed E-state index contributed by atoms with van der Waals surface area (Å²) in [4.78, 5) is 0. The zero-order valence-corrected chi connectivity index (χ0v) is 12.2. The molecule has 18 heavy (non-hydrogen) atoms. The standard InChI is InChI=1S/C14H19BrFNO/c1-2-17-13(11-6-7-18-9-11)8-10-4-3-5-12(16)14(10)15/h3-5,11,13,17H,2,6-9H2,1H3. The summed E-state index contributed by atoms with van der Waals surface area (Å²) >= 11 is 3.33. The van der Waals surface area contributed by atoms with E-state index in [1.165, 1.54) is 6.07 Å². The van der Waals surface area contributed by atoms with Crippen molar-refractivity contribution in [3.05, 3.63) is 34.1 Å². The summed E-state index contributed by atoms with van der Waals surface area (Å²) < 4.78 is 19.5. The molecule has 2 nitrogen and oxygen atoms in total. The van der Waals surface area contributed by atoms with Gasteiger partial charge >= 0.3 is 0 Å². The Hall–Kier alpha value is -0.450. The minimum atomic E-state index is -0.189. The minimum absolute atomic E-state index is 0.189. The Labute approximate surface area is 116 Å². The Balaban J connectivity index is 2.10. The van der Waals surface area contributed by atoms with Gasteiger partial charge in [0.1, 0.15) is 5.82 Å². The van der Waals surface area contributed by atoms with Crippen molar-refractivity contribution >= 4 is 15.9 Å². The summed E-state index contributed by atoms with van der Waals surface area (Å²) in [6, 6.07) is 5.58. The Morgan fingerprint density at radius 3 is 3.06 bits per heavy atom. The zero-order valence-electron chi connectivity index (χ0n) is 10.6. The smallest absolute Gasteiger partial charge is 0.137 e. The van der Waals surface area contributed by atoms with Crippen LogP contribution in [0.15, 0.2) is 22.7 Å². The largest absolute Gasteiger partial charge is 0.381 e. The Morgan fingerprint density at radius 2 is 2.39 bits per heavy atom. The fraction of sp³-hybridized carbons (Fsp3) is 0.571. The highest BCUT2D eigenvalue weighted by molar-refractivity contribution is 9.10. The summed E-state index contributed by atoms with van der Waals surface area (Å²) in [7, 11) is 0. The minimum Gasteiger partial charge on any atom is -0.381 e. The van der Waals surface area contributed by atoms with E-state index in [1.54, 1.807) is 6.07 Å². The van der Waals surface area contributed by atoms with Crippen molar-refractivity contribution in [3.63, 3.8) is 0 Å². The van der Waals surface area contributed by atoms with Gasteiger partial charge < -0.3 is 10.1 Å². The van der Waals surface area contributed by atoms with Crippen LogP contribution in [-0.4, -0.2) is 25.8 Å². The zero-order chi connectivity index (χ0) is 13.0. The molecule has 1 aromatic rings. The van der Waals surface area contributed by atoms with E-state index in [2.05, 4.69) is 28.2 Å². The third kappa shape index (κ3) is 3.31. The molecule has 0 spiro atoms. The average Bonchev–Trinajstić information content (AvgIpc) is 2.88. The monoisotopic (exact) mass is 315 g/mol. The average molecular weight is 316 g/mol. The molecule has 0 saturated carbocycles. The molecule has 1 N–H and O–H groups in total. The number of ether oxygens (including phenoxy) is 1. The van der Waals surface area contributed by atoms with Crippen LogP contribution in [0, 0.1) is 11.7 Å². The molecule has 2 atom stereocenters. The van der Waals surface area contributed by atoms with Crippen molar-refractivity contribution in [1.82, 2.24) is 5.32 Å². The first kappa shape index (κ1) is 14.0. The third-order valence-corrected chi connectivity index (χ3v) is 4.36. The van der Waals surface area contributed by atoms with E-state index in [-0.39, 0.29) is 5.82 Å². The van der Waals surface area contributed by atoms with Crippen LogP contribution in [0.3, 0.4) is 0 Å². The quantitative estimate of drug-likeness (QED) is 0.901. The van der Waals surface area contributed by atoms with Crippen LogP contribution in [0.5, 0.6) is 0 Å². The maximum atomic E-state index is 13.5. The van der Waals surface area contributed by atoms with Gasteiger partial charge in [-0.3, -0.25) is 0 Å².